The van der Waals surface area contributed by atoms with Crippen LogP contribution in [0.4, 0.5) is 0 Å². The summed E-state index contributed by atoms with van der Waals surface area (Å²) in [5.74, 6) is -0.142. The lowest BCUT2D eigenvalue weighted by molar-refractivity contribution is -0.129. The van der Waals surface area contributed by atoms with Crippen molar-refractivity contribution in [2.24, 2.45) is 0 Å². The number of carbonyl (C=O) groups is 2. The zero-order valence-electron chi connectivity index (χ0n) is 11.1. The molecule has 0 aliphatic rings. The van der Waals surface area contributed by atoms with Gasteiger partial charge in [-0.1, -0.05) is 30.3 Å². The zero-order valence-corrected chi connectivity index (χ0v) is 11.1. The summed E-state index contributed by atoms with van der Waals surface area (Å²) in [6.07, 6.45) is 4.54. The third-order valence-corrected chi connectivity index (χ3v) is 3.00. The Balaban J connectivity index is 2.04. The van der Waals surface area contributed by atoms with Gasteiger partial charge in [-0.15, -0.1) is 0 Å². The van der Waals surface area contributed by atoms with Crippen LogP contribution in [0.5, 0.6) is 0 Å². The highest BCUT2D eigenvalue weighted by Crippen LogP contribution is 2.08. The van der Waals surface area contributed by atoms with Crippen molar-refractivity contribution in [2.75, 3.05) is 0 Å². The Morgan fingerprint density at radius 1 is 0.947 bits per heavy atom. The van der Waals surface area contributed by atoms with E-state index in [-0.39, 0.29) is 12.2 Å². The van der Waals surface area contributed by atoms with Crippen molar-refractivity contribution in [1.29, 1.82) is 0 Å². The Hall–Kier alpha value is -1.68. The number of rotatable bonds is 9. The molecule has 0 radical (unpaired) electrons. The number of hydroxylamine groups is 1. The summed E-state index contributed by atoms with van der Waals surface area (Å²) < 4.78 is 0. The van der Waals surface area contributed by atoms with Crippen LogP contribution in [0.25, 0.3) is 0 Å². The number of ketones is 1. The molecule has 0 unspecified atom stereocenters. The topological polar surface area (TPSA) is 66.4 Å². The lowest BCUT2D eigenvalue weighted by atomic mass is 10.0. The van der Waals surface area contributed by atoms with Crippen LogP contribution in [-0.4, -0.2) is 16.9 Å². The average Bonchev–Trinajstić information content (AvgIpc) is 2.44. The molecule has 0 fully saturated rings. The fraction of sp³-hybridized carbons (Fsp3) is 0.467. The van der Waals surface area contributed by atoms with E-state index in [2.05, 4.69) is 12.1 Å². The van der Waals surface area contributed by atoms with Crippen molar-refractivity contribution < 1.29 is 14.8 Å². The molecule has 1 amide bonds. The molecular weight excluding hydrogens is 242 g/mol. The van der Waals surface area contributed by atoms with Gasteiger partial charge in [0.05, 0.1) is 0 Å². The molecule has 0 aromatic heterocycles. The third-order valence-electron chi connectivity index (χ3n) is 3.00. The molecule has 0 atom stereocenters. The third kappa shape index (κ3) is 7.36. The van der Waals surface area contributed by atoms with Gasteiger partial charge < -0.3 is 0 Å². The smallest absolute Gasteiger partial charge is 0.243 e. The second kappa shape index (κ2) is 9.28. The molecule has 0 spiro atoms. The molecule has 0 aliphatic carbocycles. The molecule has 2 N–H and O–H groups in total. The van der Waals surface area contributed by atoms with E-state index >= 15 is 0 Å². The monoisotopic (exact) mass is 263 g/mol. The standard InChI is InChI=1S/C15H21NO3/c17-14(10-4-5-12-15(18)16-19)11-6-9-13-7-2-1-3-8-13/h1-3,7-8,19H,4-6,9-12H2,(H,16,18). The van der Waals surface area contributed by atoms with E-state index in [0.717, 1.165) is 12.8 Å². The quantitative estimate of drug-likeness (QED) is 0.409. The van der Waals surface area contributed by atoms with Gasteiger partial charge in [-0.05, 0) is 31.2 Å². The normalized spacial score (nSPS) is 10.2. The summed E-state index contributed by atoms with van der Waals surface area (Å²) in [7, 11) is 0. The summed E-state index contributed by atoms with van der Waals surface area (Å²) in [6.45, 7) is 0. The number of amides is 1. The van der Waals surface area contributed by atoms with E-state index in [1.807, 2.05) is 18.2 Å². The van der Waals surface area contributed by atoms with Gasteiger partial charge in [-0.25, -0.2) is 5.48 Å². The fourth-order valence-corrected chi connectivity index (χ4v) is 1.92. The maximum atomic E-state index is 11.6. The Bertz CT molecular complexity index is 390. The largest absolute Gasteiger partial charge is 0.300 e. The highest BCUT2D eigenvalue weighted by molar-refractivity contribution is 5.78. The first-order valence-electron chi connectivity index (χ1n) is 6.71. The number of aryl methyl sites for hydroxylation is 1. The Morgan fingerprint density at radius 2 is 1.58 bits per heavy atom. The van der Waals surface area contributed by atoms with Crippen LogP contribution in [0.1, 0.15) is 44.1 Å². The minimum absolute atomic E-state index is 0.250. The highest BCUT2D eigenvalue weighted by Gasteiger charge is 2.04. The van der Waals surface area contributed by atoms with Crippen molar-refractivity contribution >= 4 is 11.7 Å². The first-order valence-corrected chi connectivity index (χ1v) is 6.71. The number of carbonyl (C=O) groups excluding carboxylic acids is 2. The predicted octanol–water partition coefficient (Wildman–Crippen LogP) is 2.64. The molecule has 104 valence electrons. The fourth-order valence-electron chi connectivity index (χ4n) is 1.92. The molecule has 4 heteroatoms. The highest BCUT2D eigenvalue weighted by atomic mass is 16.5. The Morgan fingerprint density at radius 3 is 2.26 bits per heavy atom. The summed E-state index contributed by atoms with van der Waals surface area (Å²) >= 11 is 0. The van der Waals surface area contributed by atoms with Crippen molar-refractivity contribution in [1.82, 2.24) is 5.48 Å². The summed E-state index contributed by atoms with van der Waals surface area (Å²) in [4.78, 5) is 22.3. The molecule has 1 aromatic rings. The molecule has 0 heterocycles. The molecule has 0 aliphatic heterocycles. The van der Waals surface area contributed by atoms with Crippen LogP contribution >= 0.6 is 0 Å². The first-order chi connectivity index (χ1) is 9.22. The average molecular weight is 263 g/mol. The van der Waals surface area contributed by atoms with Crippen LogP contribution in [0.15, 0.2) is 30.3 Å². The molecular formula is C15H21NO3. The van der Waals surface area contributed by atoms with Gasteiger partial charge in [0.1, 0.15) is 5.78 Å². The van der Waals surface area contributed by atoms with Crippen molar-refractivity contribution in [3.8, 4) is 0 Å². The van der Waals surface area contributed by atoms with E-state index in [4.69, 9.17) is 5.21 Å². The number of Topliss-reactive ketones (excluding diaryl/α,β-unsaturated/α-hetero) is 1. The molecule has 0 bridgehead atoms. The number of unbranched alkanes of at least 4 members (excludes halogenated alkanes) is 1. The van der Waals surface area contributed by atoms with E-state index in [0.29, 0.717) is 25.7 Å². The van der Waals surface area contributed by atoms with E-state index < -0.39 is 5.91 Å². The lowest BCUT2D eigenvalue weighted by Gasteiger charge is -2.02. The van der Waals surface area contributed by atoms with Crippen LogP contribution in [0.3, 0.4) is 0 Å². The second-order valence-corrected chi connectivity index (χ2v) is 4.62. The zero-order chi connectivity index (χ0) is 13.9. The number of benzene rings is 1. The molecule has 0 saturated heterocycles. The SMILES string of the molecule is O=C(CCCCC(=O)NO)CCCc1ccccc1. The van der Waals surface area contributed by atoms with Gasteiger partial charge >= 0.3 is 0 Å². The van der Waals surface area contributed by atoms with Gasteiger partial charge in [0.2, 0.25) is 5.91 Å². The Labute approximate surface area is 113 Å². The number of hydrogen-bond donors (Lipinski definition) is 2. The lowest BCUT2D eigenvalue weighted by Crippen LogP contribution is -2.17. The van der Waals surface area contributed by atoms with Crippen LogP contribution in [0.2, 0.25) is 0 Å². The first kappa shape index (κ1) is 15.4. The number of hydrogen-bond acceptors (Lipinski definition) is 3. The van der Waals surface area contributed by atoms with Gasteiger partial charge in [0.25, 0.3) is 0 Å². The van der Waals surface area contributed by atoms with E-state index in [1.54, 1.807) is 5.48 Å². The maximum absolute atomic E-state index is 11.6. The van der Waals surface area contributed by atoms with Crippen molar-refractivity contribution in [3.05, 3.63) is 35.9 Å². The minimum Gasteiger partial charge on any atom is -0.300 e. The van der Waals surface area contributed by atoms with Crippen molar-refractivity contribution in [2.45, 2.75) is 44.9 Å². The summed E-state index contributed by atoms with van der Waals surface area (Å²) in [5.41, 5.74) is 2.84. The van der Waals surface area contributed by atoms with E-state index in [9.17, 15) is 9.59 Å². The molecule has 1 rings (SSSR count). The minimum atomic E-state index is -0.392. The summed E-state index contributed by atoms with van der Waals surface area (Å²) in [6, 6.07) is 10.1. The van der Waals surface area contributed by atoms with Crippen LogP contribution < -0.4 is 5.48 Å². The maximum Gasteiger partial charge on any atom is 0.243 e. The number of nitrogens with one attached hydrogen (secondary N) is 1. The van der Waals surface area contributed by atoms with Crippen molar-refractivity contribution in [3.63, 3.8) is 0 Å². The Kier molecular flexibility index (Phi) is 7.51. The summed E-state index contributed by atoms with van der Waals surface area (Å²) in [5, 5.41) is 8.30. The molecule has 19 heavy (non-hydrogen) atoms. The molecule has 4 nitrogen and oxygen atoms in total. The predicted molar refractivity (Wildman–Crippen MR) is 72.8 cm³/mol. The van der Waals surface area contributed by atoms with Gasteiger partial charge in [-0.3, -0.25) is 14.8 Å². The van der Waals surface area contributed by atoms with Gasteiger partial charge in [-0.2, -0.15) is 0 Å². The van der Waals surface area contributed by atoms with E-state index in [1.165, 1.54) is 5.56 Å². The second-order valence-electron chi connectivity index (χ2n) is 4.62. The van der Waals surface area contributed by atoms with Crippen LogP contribution in [-0.2, 0) is 16.0 Å². The van der Waals surface area contributed by atoms with Gasteiger partial charge in [0.15, 0.2) is 0 Å². The molecule has 0 saturated carbocycles. The molecule has 1 aromatic carbocycles. The van der Waals surface area contributed by atoms with Gasteiger partial charge in [0, 0.05) is 19.3 Å². The van der Waals surface area contributed by atoms with Crippen LogP contribution in [0, 0.1) is 0 Å².